The molecule has 28 heavy (non-hydrogen) atoms. The molecule has 0 N–H and O–H groups in total. The average Bonchev–Trinajstić information content (AvgIpc) is 3.43. The lowest BCUT2D eigenvalue weighted by atomic mass is 10.1. The van der Waals surface area contributed by atoms with Gasteiger partial charge < -0.3 is 14.5 Å². The SMILES string of the molecule is COc1cn(-c2ccccc2)nc1C(=O)N1CCN(C(=O)C2CCCC2)CC1. The third kappa shape index (κ3) is 3.61. The van der Waals surface area contributed by atoms with Crippen molar-refractivity contribution in [1.29, 1.82) is 0 Å². The molecule has 1 aromatic heterocycles. The lowest BCUT2D eigenvalue weighted by Gasteiger charge is -2.35. The van der Waals surface area contributed by atoms with E-state index in [0.717, 1.165) is 31.4 Å². The molecule has 0 unspecified atom stereocenters. The van der Waals surface area contributed by atoms with Crippen LogP contribution < -0.4 is 4.74 Å². The maximum Gasteiger partial charge on any atom is 0.278 e. The number of carbonyl (C=O) groups is 2. The summed E-state index contributed by atoms with van der Waals surface area (Å²) in [4.78, 5) is 29.3. The van der Waals surface area contributed by atoms with Crippen LogP contribution in [0.5, 0.6) is 5.75 Å². The Kier molecular flexibility index (Phi) is 5.32. The zero-order chi connectivity index (χ0) is 19.5. The molecule has 2 amide bonds. The van der Waals surface area contributed by atoms with E-state index in [0.29, 0.717) is 37.6 Å². The summed E-state index contributed by atoms with van der Waals surface area (Å²) in [7, 11) is 1.54. The van der Waals surface area contributed by atoms with E-state index in [1.807, 2.05) is 35.2 Å². The molecule has 1 saturated carbocycles. The second-order valence-corrected chi connectivity index (χ2v) is 7.43. The van der Waals surface area contributed by atoms with Gasteiger partial charge in [0.25, 0.3) is 5.91 Å². The number of methoxy groups -OCH3 is 1. The zero-order valence-electron chi connectivity index (χ0n) is 16.2. The molecule has 0 radical (unpaired) electrons. The van der Waals surface area contributed by atoms with Crippen LogP contribution in [0.4, 0.5) is 0 Å². The number of hydrogen-bond acceptors (Lipinski definition) is 4. The molecule has 148 valence electrons. The highest BCUT2D eigenvalue weighted by molar-refractivity contribution is 5.95. The molecular weight excluding hydrogens is 356 g/mol. The van der Waals surface area contributed by atoms with Crippen LogP contribution >= 0.6 is 0 Å². The van der Waals surface area contributed by atoms with E-state index in [-0.39, 0.29) is 17.7 Å². The Hall–Kier alpha value is -2.83. The Balaban J connectivity index is 1.44. The van der Waals surface area contributed by atoms with Crippen LogP contribution in [0.25, 0.3) is 5.69 Å². The van der Waals surface area contributed by atoms with E-state index in [2.05, 4.69) is 5.10 Å². The van der Waals surface area contributed by atoms with Gasteiger partial charge in [-0.1, -0.05) is 31.0 Å². The van der Waals surface area contributed by atoms with Gasteiger partial charge in [0, 0.05) is 32.1 Å². The van der Waals surface area contributed by atoms with E-state index in [1.54, 1.807) is 22.9 Å². The molecule has 0 atom stereocenters. The van der Waals surface area contributed by atoms with Crippen molar-refractivity contribution in [3.63, 3.8) is 0 Å². The van der Waals surface area contributed by atoms with Crippen LogP contribution in [-0.2, 0) is 4.79 Å². The number of amides is 2. The first-order valence-electron chi connectivity index (χ1n) is 9.94. The summed E-state index contributed by atoms with van der Waals surface area (Å²) >= 11 is 0. The number of piperazine rings is 1. The van der Waals surface area contributed by atoms with Gasteiger partial charge in [-0.25, -0.2) is 4.68 Å². The molecule has 2 fully saturated rings. The van der Waals surface area contributed by atoms with Crippen molar-refractivity contribution in [1.82, 2.24) is 19.6 Å². The first-order chi connectivity index (χ1) is 13.7. The van der Waals surface area contributed by atoms with Gasteiger partial charge in [0.2, 0.25) is 5.91 Å². The van der Waals surface area contributed by atoms with Crippen molar-refractivity contribution in [2.24, 2.45) is 5.92 Å². The van der Waals surface area contributed by atoms with Crippen LogP contribution in [0.1, 0.15) is 36.2 Å². The summed E-state index contributed by atoms with van der Waals surface area (Å²) in [6.07, 6.45) is 6.04. The van der Waals surface area contributed by atoms with Gasteiger partial charge in [-0.2, -0.15) is 5.10 Å². The van der Waals surface area contributed by atoms with E-state index >= 15 is 0 Å². The normalized spacial score (nSPS) is 17.8. The molecule has 2 heterocycles. The number of benzene rings is 1. The second kappa shape index (κ2) is 8.04. The third-order valence-corrected chi connectivity index (χ3v) is 5.71. The topological polar surface area (TPSA) is 67.7 Å². The van der Waals surface area contributed by atoms with Crippen molar-refractivity contribution in [3.8, 4) is 11.4 Å². The number of para-hydroxylation sites is 1. The Labute approximate surface area is 164 Å². The Morgan fingerprint density at radius 1 is 1.00 bits per heavy atom. The summed E-state index contributed by atoms with van der Waals surface area (Å²) in [5, 5.41) is 4.46. The fourth-order valence-corrected chi connectivity index (χ4v) is 4.08. The Morgan fingerprint density at radius 2 is 1.64 bits per heavy atom. The van der Waals surface area contributed by atoms with E-state index < -0.39 is 0 Å². The van der Waals surface area contributed by atoms with Gasteiger partial charge in [-0.3, -0.25) is 9.59 Å². The predicted octanol–water partition coefficient (Wildman–Crippen LogP) is 2.36. The maximum absolute atomic E-state index is 13.0. The summed E-state index contributed by atoms with van der Waals surface area (Å²) in [6, 6.07) is 9.63. The van der Waals surface area contributed by atoms with Crippen LogP contribution in [-0.4, -0.2) is 64.7 Å². The van der Waals surface area contributed by atoms with Crippen LogP contribution in [0.2, 0.25) is 0 Å². The van der Waals surface area contributed by atoms with Gasteiger partial charge in [-0.15, -0.1) is 0 Å². The molecule has 2 aromatic rings. The number of carbonyl (C=O) groups excluding carboxylic acids is 2. The molecule has 7 heteroatoms. The molecular formula is C21H26N4O3. The molecule has 1 aromatic carbocycles. The van der Waals surface area contributed by atoms with Gasteiger partial charge in [-0.05, 0) is 25.0 Å². The van der Waals surface area contributed by atoms with Crippen molar-refractivity contribution >= 4 is 11.8 Å². The highest BCUT2D eigenvalue weighted by Crippen LogP contribution is 2.27. The fourth-order valence-electron chi connectivity index (χ4n) is 4.08. The molecule has 7 nitrogen and oxygen atoms in total. The standard InChI is InChI=1S/C21H26N4O3/c1-28-18-15-25(17-9-3-2-4-10-17)22-19(18)21(27)24-13-11-23(12-14-24)20(26)16-7-5-6-8-16/h2-4,9-10,15-16H,5-8,11-14H2,1H3. The molecule has 1 saturated heterocycles. The van der Waals surface area contributed by atoms with E-state index in [1.165, 1.54) is 0 Å². The summed E-state index contributed by atoms with van der Waals surface area (Å²) in [5.41, 5.74) is 1.17. The molecule has 0 bridgehead atoms. The number of hydrogen-bond donors (Lipinski definition) is 0. The Bertz CT molecular complexity index is 835. The first kappa shape index (κ1) is 18.5. The van der Waals surface area contributed by atoms with Crippen LogP contribution in [0, 0.1) is 5.92 Å². The number of aromatic nitrogens is 2. The van der Waals surface area contributed by atoms with Gasteiger partial charge in [0.05, 0.1) is 19.0 Å². The van der Waals surface area contributed by atoms with Gasteiger partial charge >= 0.3 is 0 Å². The van der Waals surface area contributed by atoms with Crippen LogP contribution in [0.3, 0.4) is 0 Å². The van der Waals surface area contributed by atoms with Gasteiger partial charge in [0.15, 0.2) is 11.4 Å². The zero-order valence-corrected chi connectivity index (χ0v) is 16.2. The monoisotopic (exact) mass is 382 g/mol. The number of nitrogens with zero attached hydrogens (tertiary/aromatic N) is 4. The lowest BCUT2D eigenvalue weighted by molar-refractivity contribution is -0.136. The molecule has 1 aliphatic carbocycles. The smallest absolute Gasteiger partial charge is 0.278 e. The number of ether oxygens (including phenoxy) is 1. The highest BCUT2D eigenvalue weighted by atomic mass is 16.5. The summed E-state index contributed by atoms with van der Waals surface area (Å²) in [6.45, 7) is 2.23. The summed E-state index contributed by atoms with van der Waals surface area (Å²) < 4.78 is 7.05. The minimum Gasteiger partial charge on any atom is -0.493 e. The van der Waals surface area contributed by atoms with Crippen molar-refractivity contribution in [2.75, 3.05) is 33.3 Å². The highest BCUT2D eigenvalue weighted by Gasteiger charge is 2.32. The van der Waals surface area contributed by atoms with E-state index in [9.17, 15) is 9.59 Å². The first-order valence-corrected chi connectivity index (χ1v) is 9.94. The molecule has 1 aliphatic heterocycles. The van der Waals surface area contributed by atoms with Crippen LogP contribution in [0.15, 0.2) is 36.5 Å². The average molecular weight is 382 g/mol. The third-order valence-electron chi connectivity index (χ3n) is 5.71. The second-order valence-electron chi connectivity index (χ2n) is 7.43. The summed E-state index contributed by atoms with van der Waals surface area (Å²) in [5.74, 6) is 0.747. The van der Waals surface area contributed by atoms with E-state index in [4.69, 9.17) is 4.74 Å². The Morgan fingerprint density at radius 3 is 2.29 bits per heavy atom. The molecule has 2 aliphatic rings. The van der Waals surface area contributed by atoms with Crippen molar-refractivity contribution < 1.29 is 14.3 Å². The minimum atomic E-state index is -0.153. The molecule has 4 rings (SSSR count). The molecule has 0 spiro atoms. The predicted molar refractivity (Wildman–Crippen MR) is 105 cm³/mol. The van der Waals surface area contributed by atoms with Crippen molar-refractivity contribution in [3.05, 3.63) is 42.2 Å². The number of rotatable bonds is 4. The largest absolute Gasteiger partial charge is 0.493 e. The maximum atomic E-state index is 13.0. The quantitative estimate of drug-likeness (QED) is 0.814. The fraction of sp³-hybridized carbons (Fsp3) is 0.476. The van der Waals surface area contributed by atoms with Crippen molar-refractivity contribution in [2.45, 2.75) is 25.7 Å². The lowest BCUT2D eigenvalue weighted by Crippen LogP contribution is -2.51. The minimum absolute atomic E-state index is 0.153. The van der Waals surface area contributed by atoms with Gasteiger partial charge in [0.1, 0.15) is 0 Å².